The van der Waals surface area contributed by atoms with Gasteiger partial charge in [-0.1, -0.05) is 0 Å². The highest BCUT2D eigenvalue weighted by atomic mass is 19.1. The predicted molar refractivity (Wildman–Crippen MR) is 66.4 cm³/mol. The van der Waals surface area contributed by atoms with E-state index in [2.05, 4.69) is 5.32 Å². The molecular formula is C12H14FN3O3. The zero-order chi connectivity index (χ0) is 14.0. The molecule has 1 aromatic rings. The zero-order valence-corrected chi connectivity index (χ0v) is 10.4. The minimum Gasteiger partial charge on any atom is -0.337 e. The lowest BCUT2D eigenvalue weighted by molar-refractivity contribution is -0.385. The second-order valence-electron chi connectivity index (χ2n) is 4.44. The highest BCUT2D eigenvalue weighted by Gasteiger charge is 2.30. The first-order valence-electron chi connectivity index (χ1n) is 5.93. The molecule has 0 spiro atoms. The molecule has 1 aliphatic rings. The summed E-state index contributed by atoms with van der Waals surface area (Å²) in [6.45, 7) is 1.04. The molecule has 1 N–H and O–H groups in total. The second kappa shape index (κ2) is 5.31. The molecule has 1 atom stereocenters. The summed E-state index contributed by atoms with van der Waals surface area (Å²) in [5, 5.41) is 13.9. The summed E-state index contributed by atoms with van der Waals surface area (Å²) < 4.78 is 13.0. The van der Waals surface area contributed by atoms with E-state index in [0.717, 1.165) is 18.6 Å². The van der Waals surface area contributed by atoms with Crippen LogP contribution in [0.15, 0.2) is 18.2 Å². The first-order valence-corrected chi connectivity index (χ1v) is 5.93. The first-order chi connectivity index (χ1) is 9.02. The third-order valence-corrected chi connectivity index (χ3v) is 3.27. The van der Waals surface area contributed by atoms with E-state index in [1.54, 1.807) is 11.9 Å². The average Bonchev–Trinajstić information content (AvgIpc) is 2.86. The van der Waals surface area contributed by atoms with Crippen LogP contribution < -0.4 is 5.32 Å². The fourth-order valence-electron chi connectivity index (χ4n) is 2.19. The molecule has 2 rings (SSSR count). The van der Waals surface area contributed by atoms with E-state index in [-0.39, 0.29) is 11.6 Å². The van der Waals surface area contributed by atoms with Crippen molar-refractivity contribution in [3.05, 3.63) is 39.7 Å². The van der Waals surface area contributed by atoms with E-state index in [1.807, 2.05) is 0 Å². The number of amides is 1. The summed E-state index contributed by atoms with van der Waals surface area (Å²) in [7, 11) is 1.80. The molecule has 1 unspecified atom stereocenters. The molecule has 0 radical (unpaired) electrons. The van der Waals surface area contributed by atoms with Gasteiger partial charge in [0.25, 0.3) is 11.6 Å². The number of nitro benzene ring substituents is 1. The average molecular weight is 267 g/mol. The van der Waals surface area contributed by atoms with Crippen LogP contribution in [0, 0.1) is 15.9 Å². The normalized spacial score (nSPS) is 18.6. The quantitative estimate of drug-likeness (QED) is 0.659. The van der Waals surface area contributed by atoms with Crippen molar-refractivity contribution in [1.82, 2.24) is 10.2 Å². The molecule has 0 bridgehead atoms. The number of rotatable bonds is 3. The predicted octanol–water partition coefficient (Wildman–Crippen LogP) is 1.17. The van der Waals surface area contributed by atoms with Crippen molar-refractivity contribution >= 4 is 11.6 Å². The van der Waals surface area contributed by atoms with E-state index in [1.165, 1.54) is 6.07 Å². The molecule has 102 valence electrons. The highest BCUT2D eigenvalue weighted by Crippen LogP contribution is 2.23. The van der Waals surface area contributed by atoms with Crippen LogP contribution in [0.3, 0.4) is 0 Å². The molecule has 1 saturated heterocycles. The van der Waals surface area contributed by atoms with Crippen LogP contribution in [0.25, 0.3) is 0 Å². The molecule has 1 amide bonds. The number of halogens is 1. The fraction of sp³-hybridized carbons (Fsp3) is 0.417. The van der Waals surface area contributed by atoms with E-state index in [0.29, 0.717) is 13.1 Å². The van der Waals surface area contributed by atoms with Crippen LogP contribution >= 0.6 is 0 Å². The smallest absolute Gasteiger partial charge is 0.285 e. The Bertz CT molecular complexity index is 521. The first kappa shape index (κ1) is 13.4. The third-order valence-electron chi connectivity index (χ3n) is 3.27. The standard InChI is InChI=1S/C12H14FN3O3/c1-14-9-4-5-15(7-9)12(17)10-3-2-8(13)6-11(10)16(18)19/h2-3,6,9,14H,4-5,7H2,1H3. The molecule has 7 heteroatoms. The molecule has 0 aliphatic carbocycles. The molecular weight excluding hydrogens is 253 g/mol. The van der Waals surface area contributed by atoms with Gasteiger partial charge >= 0.3 is 0 Å². The Kier molecular flexibility index (Phi) is 3.75. The molecule has 1 aromatic carbocycles. The minimum atomic E-state index is -0.734. The Morgan fingerprint density at radius 1 is 1.58 bits per heavy atom. The topological polar surface area (TPSA) is 75.5 Å². The monoisotopic (exact) mass is 267 g/mol. The van der Waals surface area contributed by atoms with E-state index < -0.39 is 22.3 Å². The van der Waals surface area contributed by atoms with Gasteiger partial charge in [0.15, 0.2) is 0 Å². The van der Waals surface area contributed by atoms with Crippen LogP contribution in [-0.2, 0) is 0 Å². The van der Waals surface area contributed by atoms with Crippen molar-refractivity contribution in [1.29, 1.82) is 0 Å². The van der Waals surface area contributed by atoms with Crippen LogP contribution in [0.5, 0.6) is 0 Å². The summed E-state index contributed by atoms with van der Waals surface area (Å²) in [6.07, 6.45) is 0.803. The van der Waals surface area contributed by atoms with Crippen molar-refractivity contribution in [3.8, 4) is 0 Å². The van der Waals surface area contributed by atoms with Gasteiger partial charge in [-0.25, -0.2) is 4.39 Å². The van der Waals surface area contributed by atoms with Gasteiger partial charge < -0.3 is 10.2 Å². The highest BCUT2D eigenvalue weighted by molar-refractivity contribution is 5.98. The maximum atomic E-state index is 13.0. The third kappa shape index (κ3) is 2.70. The van der Waals surface area contributed by atoms with Gasteiger partial charge in [0.05, 0.1) is 11.0 Å². The largest absolute Gasteiger partial charge is 0.337 e. The fourth-order valence-corrected chi connectivity index (χ4v) is 2.19. The molecule has 0 saturated carbocycles. The van der Waals surface area contributed by atoms with Gasteiger partial charge in [-0.15, -0.1) is 0 Å². The van der Waals surface area contributed by atoms with Crippen molar-refractivity contribution < 1.29 is 14.1 Å². The Labute approximate surface area is 109 Å². The lowest BCUT2D eigenvalue weighted by Gasteiger charge is -2.16. The lowest BCUT2D eigenvalue weighted by atomic mass is 10.1. The number of carbonyl (C=O) groups is 1. The molecule has 1 heterocycles. The van der Waals surface area contributed by atoms with E-state index in [4.69, 9.17) is 0 Å². The Morgan fingerprint density at radius 3 is 2.89 bits per heavy atom. The van der Waals surface area contributed by atoms with Gasteiger partial charge in [0.1, 0.15) is 11.4 Å². The number of benzene rings is 1. The minimum absolute atomic E-state index is 0.0665. The number of nitrogens with one attached hydrogen (secondary N) is 1. The van der Waals surface area contributed by atoms with Crippen molar-refractivity contribution in [3.63, 3.8) is 0 Å². The van der Waals surface area contributed by atoms with Gasteiger partial charge in [0, 0.05) is 19.1 Å². The number of likely N-dealkylation sites (tertiary alicyclic amines) is 1. The molecule has 19 heavy (non-hydrogen) atoms. The van der Waals surface area contributed by atoms with Crippen molar-refractivity contribution in [2.45, 2.75) is 12.5 Å². The number of nitro groups is 1. The summed E-state index contributed by atoms with van der Waals surface area (Å²) in [5.41, 5.74) is -0.555. The number of likely N-dealkylation sites (N-methyl/N-ethyl adjacent to an activating group) is 1. The number of hydrogen-bond acceptors (Lipinski definition) is 4. The summed E-state index contributed by atoms with van der Waals surface area (Å²) in [5.74, 6) is -1.15. The Hall–Kier alpha value is -2.02. The lowest BCUT2D eigenvalue weighted by Crippen LogP contribution is -2.33. The summed E-state index contributed by atoms with van der Waals surface area (Å²) in [6, 6.07) is 3.20. The maximum absolute atomic E-state index is 13.0. The Morgan fingerprint density at radius 2 is 2.32 bits per heavy atom. The number of nitrogens with zero attached hydrogens (tertiary/aromatic N) is 2. The molecule has 6 nitrogen and oxygen atoms in total. The summed E-state index contributed by atoms with van der Waals surface area (Å²) in [4.78, 5) is 23.9. The molecule has 1 aliphatic heterocycles. The maximum Gasteiger partial charge on any atom is 0.285 e. The van der Waals surface area contributed by atoms with Gasteiger partial charge in [0.2, 0.25) is 0 Å². The molecule has 0 aromatic heterocycles. The second-order valence-corrected chi connectivity index (χ2v) is 4.44. The number of hydrogen-bond donors (Lipinski definition) is 1. The molecule has 1 fully saturated rings. The van der Waals surface area contributed by atoms with E-state index in [9.17, 15) is 19.3 Å². The zero-order valence-electron chi connectivity index (χ0n) is 10.4. The van der Waals surface area contributed by atoms with Crippen molar-refractivity contribution in [2.75, 3.05) is 20.1 Å². The van der Waals surface area contributed by atoms with Crippen LogP contribution in [0.4, 0.5) is 10.1 Å². The van der Waals surface area contributed by atoms with Crippen LogP contribution in [0.1, 0.15) is 16.8 Å². The van der Waals surface area contributed by atoms with Crippen LogP contribution in [-0.4, -0.2) is 41.9 Å². The SMILES string of the molecule is CNC1CCN(C(=O)c2ccc(F)cc2[N+](=O)[O-])C1. The van der Waals surface area contributed by atoms with Crippen molar-refractivity contribution in [2.24, 2.45) is 0 Å². The Balaban J connectivity index is 2.27. The van der Waals surface area contributed by atoms with Crippen LogP contribution in [0.2, 0.25) is 0 Å². The van der Waals surface area contributed by atoms with E-state index >= 15 is 0 Å². The van der Waals surface area contributed by atoms with Gasteiger partial charge in [-0.2, -0.15) is 0 Å². The van der Waals surface area contributed by atoms with Gasteiger partial charge in [-0.05, 0) is 25.6 Å². The summed E-state index contributed by atoms with van der Waals surface area (Å²) >= 11 is 0. The van der Waals surface area contributed by atoms with Gasteiger partial charge in [-0.3, -0.25) is 14.9 Å². The number of carbonyl (C=O) groups excluding carboxylic acids is 1.